The molecule has 2 fully saturated rings. The van der Waals surface area contributed by atoms with Gasteiger partial charge in [0.15, 0.2) is 0 Å². The molecule has 1 N–H and O–H groups in total. The molecule has 1 amide bonds. The van der Waals surface area contributed by atoms with Crippen LogP contribution < -0.4 is 0 Å². The number of amides is 1. The number of piperazine rings is 1. The molecule has 0 saturated carbocycles. The Morgan fingerprint density at radius 3 is 2.35 bits per heavy atom. The standard InChI is InChI=1S/C15H29N3O2/c1-4-16-7-9-17(10-8-16)15(20)12(2)18-6-5-14(11-18)13(3)19/h12-14,19H,4-11H2,1-3H3. The second-order valence-corrected chi connectivity index (χ2v) is 6.22. The average molecular weight is 283 g/mol. The van der Waals surface area contributed by atoms with Crippen molar-refractivity contribution in [2.24, 2.45) is 5.92 Å². The molecule has 2 aliphatic rings. The van der Waals surface area contributed by atoms with E-state index in [1.54, 1.807) is 0 Å². The zero-order valence-electron chi connectivity index (χ0n) is 13.1. The van der Waals surface area contributed by atoms with Gasteiger partial charge >= 0.3 is 0 Å². The third-order valence-corrected chi connectivity index (χ3v) is 4.97. The van der Waals surface area contributed by atoms with Crippen molar-refractivity contribution in [1.29, 1.82) is 0 Å². The fraction of sp³-hybridized carbons (Fsp3) is 0.933. The zero-order valence-corrected chi connectivity index (χ0v) is 13.1. The highest BCUT2D eigenvalue weighted by molar-refractivity contribution is 5.81. The van der Waals surface area contributed by atoms with Crippen LogP contribution in [0.5, 0.6) is 0 Å². The molecule has 5 heteroatoms. The van der Waals surface area contributed by atoms with Crippen molar-refractivity contribution < 1.29 is 9.90 Å². The number of nitrogens with zero attached hydrogens (tertiary/aromatic N) is 3. The predicted molar refractivity (Wildman–Crippen MR) is 79.5 cm³/mol. The molecule has 20 heavy (non-hydrogen) atoms. The molecule has 5 nitrogen and oxygen atoms in total. The molecule has 2 aliphatic heterocycles. The number of likely N-dealkylation sites (tertiary alicyclic amines) is 1. The first kappa shape index (κ1) is 15.7. The van der Waals surface area contributed by atoms with Gasteiger partial charge in [0, 0.05) is 32.7 Å². The van der Waals surface area contributed by atoms with Crippen LogP contribution >= 0.6 is 0 Å². The van der Waals surface area contributed by atoms with Crippen LogP contribution in [-0.2, 0) is 4.79 Å². The van der Waals surface area contributed by atoms with Gasteiger partial charge in [0.2, 0.25) is 5.91 Å². The van der Waals surface area contributed by atoms with Gasteiger partial charge in [-0.3, -0.25) is 9.69 Å². The maximum atomic E-state index is 12.6. The number of aliphatic hydroxyl groups excluding tert-OH is 1. The SMILES string of the molecule is CCN1CCN(C(=O)C(C)N2CCC(C(C)O)C2)CC1. The lowest BCUT2D eigenvalue weighted by atomic mass is 10.0. The lowest BCUT2D eigenvalue weighted by Gasteiger charge is -2.37. The van der Waals surface area contributed by atoms with E-state index in [1.165, 1.54) is 0 Å². The van der Waals surface area contributed by atoms with E-state index in [4.69, 9.17) is 0 Å². The molecule has 0 aliphatic carbocycles. The molecule has 2 heterocycles. The second-order valence-electron chi connectivity index (χ2n) is 6.22. The van der Waals surface area contributed by atoms with Gasteiger partial charge in [0.1, 0.15) is 0 Å². The van der Waals surface area contributed by atoms with E-state index in [1.807, 2.05) is 18.7 Å². The van der Waals surface area contributed by atoms with Gasteiger partial charge in [0.25, 0.3) is 0 Å². The molecule has 0 spiro atoms. The van der Waals surface area contributed by atoms with Gasteiger partial charge in [-0.15, -0.1) is 0 Å². The summed E-state index contributed by atoms with van der Waals surface area (Å²) in [7, 11) is 0. The van der Waals surface area contributed by atoms with E-state index in [9.17, 15) is 9.90 Å². The van der Waals surface area contributed by atoms with E-state index in [0.717, 1.165) is 52.2 Å². The Labute approximate surface area is 122 Å². The Morgan fingerprint density at radius 2 is 1.85 bits per heavy atom. The number of carbonyl (C=O) groups excluding carboxylic acids is 1. The highest BCUT2D eigenvalue weighted by Gasteiger charge is 2.34. The van der Waals surface area contributed by atoms with Crippen LogP contribution in [0.15, 0.2) is 0 Å². The number of carbonyl (C=O) groups is 1. The number of hydrogen-bond donors (Lipinski definition) is 1. The van der Waals surface area contributed by atoms with Crippen LogP contribution in [-0.4, -0.2) is 83.7 Å². The minimum Gasteiger partial charge on any atom is -0.393 e. The fourth-order valence-electron chi connectivity index (χ4n) is 3.27. The smallest absolute Gasteiger partial charge is 0.239 e. The topological polar surface area (TPSA) is 47.0 Å². The number of rotatable bonds is 4. The maximum absolute atomic E-state index is 12.6. The van der Waals surface area contributed by atoms with Gasteiger partial charge in [0.05, 0.1) is 12.1 Å². The average Bonchev–Trinajstić information content (AvgIpc) is 2.96. The van der Waals surface area contributed by atoms with Gasteiger partial charge < -0.3 is 14.9 Å². The number of hydrogen-bond acceptors (Lipinski definition) is 4. The second kappa shape index (κ2) is 6.87. The largest absolute Gasteiger partial charge is 0.393 e. The fourth-order valence-corrected chi connectivity index (χ4v) is 3.27. The van der Waals surface area contributed by atoms with Crippen molar-refractivity contribution in [3.63, 3.8) is 0 Å². The summed E-state index contributed by atoms with van der Waals surface area (Å²) in [4.78, 5) is 19.2. The predicted octanol–water partition coefficient (Wildman–Crippen LogP) is 0.242. The van der Waals surface area contributed by atoms with Crippen LogP contribution in [0.4, 0.5) is 0 Å². The maximum Gasteiger partial charge on any atom is 0.239 e. The van der Waals surface area contributed by atoms with Crippen molar-refractivity contribution >= 4 is 5.91 Å². The van der Waals surface area contributed by atoms with E-state index in [-0.39, 0.29) is 18.1 Å². The summed E-state index contributed by atoms with van der Waals surface area (Å²) in [5, 5.41) is 9.67. The van der Waals surface area contributed by atoms with Gasteiger partial charge in [-0.25, -0.2) is 0 Å². The van der Waals surface area contributed by atoms with Crippen molar-refractivity contribution in [3.8, 4) is 0 Å². The Kier molecular flexibility index (Phi) is 5.41. The summed E-state index contributed by atoms with van der Waals surface area (Å²) in [6.07, 6.45) is 0.731. The number of likely N-dealkylation sites (N-methyl/N-ethyl adjacent to an activating group) is 1. The van der Waals surface area contributed by atoms with Crippen molar-refractivity contribution in [2.75, 3.05) is 45.8 Å². The molecule has 0 bridgehead atoms. The van der Waals surface area contributed by atoms with Crippen molar-refractivity contribution in [3.05, 3.63) is 0 Å². The van der Waals surface area contributed by atoms with Crippen LogP contribution in [0.3, 0.4) is 0 Å². The molecule has 0 aromatic carbocycles. The zero-order chi connectivity index (χ0) is 14.7. The van der Waals surface area contributed by atoms with Crippen LogP contribution in [0.25, 0.3) is 0 Å². The third kappa shape index (κ3) is 3.51. The van der Waals surface area contributed by atoms with E-state index < -0.39 is 0 Å². The Hall–Kier alpha value is -0.650. The summed E-state index contributed by atoms with van der Waals surface area (Å²) in [6, 6.07) is -0.0491. The van der Waals surface area contributed by atoms with Crippen LogP contribution in [0, 0.1) is 5.92 Å². The lowest BCUT2D eigenvalue weighted by Crippen LogP contribution is -2.53. The first-order valence-electron chi connectivity index (χ1n) is 7.96. The Morgan fingerprint density at radius 1 is 1.20 bits per heavy atom. The van der Waals surface area contributed by atoms with Crippen LogP contribution in [0.2, 0.25) is 0 Å². The van der Waals surface area contributed by atoms with Gasteiger partial charge in [-0.2, -0.15) is 0 Å². The summed E-state index contributed by atoms with van der Waals surface area (Å²) in [6.45, 7) is 12.6. The van der Waals surface area contributed by atoms with Crippen molar-refractivity contribution in [1.82, 2.24) is 14.7 Å². The van der Waals surface area contributed by atoms with Crippen LogP contribution in [0.1, 0.15) is 27.2 Å². The van der Waals surface area contributed by atoms with Crippen molar-refractivity contribution in [2.45, 2.75) is 39.3 Å². The molecule has 116 valence electrons. The highest BCUT2D eigenvalue weighted by Crippen LogP contribution is 2.22. The normalized spacial score (nSPS) is 28.6. The monoisotopic (exact) mass is 283 g/mol. The summed E-state index contributed by atoms with van der Waals surface area (Å²) in [5.41, 5.74) is 0. The van der Waals surface area contributed by atoms with E-state index in [0.29, 0.717) is 5.92 Å². The lowest BCUT2D eigenvalue weighted by molar-refractivity contribution is -0.137. The van der Waals surface area contributed by atoms with Gasteiger partial charge in [-0.1, -0.05) is 6.92 Å². The summed E-state index contributed by atoms with van der Waals surface area (Å²) in [5.74, 6) is 0.578. The molecule has 0 radical (unpaired) electrons. The molecule has 3 atom stereocenters. The first-order chi connectivity index (χ1) is 9.52. The summed E-state index contributed by atoms with van der Waals surface area (Å²) >= 11 is 0. The quantitative estimate of drug-likeness (QED) is 0.803. The van der Waals surface area contributed by atoms with Gasteiger partial charge in [-0.05, 0) is 39.3 Å². The van der Waals surface area contributed by atoms with E-state index >= 15 is 0 Å². The number of aliphatic hydroxyl groups is 1. The third-order valence-electron chi connectivity index (χ3n) is 4.97. The Bertz CT molecular complexity index is 327. The Balaban J connectivity index is 1.84. The molecular weight excluding hydrogens is 254 g/mol. The highest BCUT2D eigenvalue weighted by atomic mass is 16.3. The molecule has 0 aromatic heterocycles. The molecule has 2 rings (SSSR count). The minimum absolute atomic E-state index is 0.0491. The summed E-state index contributed by atoms with van der Waals surface area (Å²) < 4.78 is 0. The molecular formula is C15H29N3O2. The molecule has 3 unspecified atom stereocenters. The van der Waals surface area contributed by atoms with E-state index in [2.05, 4.69) is 16.7 Å². The minimum atomic E-state index is -0.268. The molecule has 0 aromatic rings. The first-order valence-corrected chi connectivity index (χ1v) is 7.96. The molecule has 2 saturated heterocycles.